The van der Waals surface area contributed by atoms with Gasteiger partial charge in [-0.05, 0) is 25.0 Å². The number of likely N-dealkylation sites (N-methyl/N-ethyl adjacent to an activating group) is 1. The van der Waals surface area contributed by atoms with E-state index in [2.05, 4.69) is 0 Å². The van der Waals surface area contributed by atoms with E-state index in [9.17, 15) is 19.2 Å². The molecule has 0 radical (unpaired) electrons. The summed E-state index contributed by atoms with van der Waals surface area (Å²) in [6, 6.07) is 2.79. The zero-order valence-electron chi connectivity index (χ0n) is 14.2. The molecule has 1 fully saturated rings. The summed E-state index contributed by atoms with van der Waals surface area (Å²) >= 11 is 0. The van der Waals surface area contributed by atoms with Gasteiger partial charge in [-0.3, -0.25) is 19.3 Å². The van der Waals surface area contributed by atoms with E-state index in [0.29, 0.717) is 10.7 Å². The van der Waals surface area contributed by atoms with Crippen molar-refractivity contribution in [3.63, 3.8) is 0 Å². The summed E-state index contributed by atoms with van der Waals surface area (Å²) in [6.45, 7) is 5.36. The van der Waals surface area contributed by atoms with Gasteiger partial charge in [0.15, 0.2) is 0 Å². The van der Waals surface area contributed by atoms with E-state index in [4.69, 9.17) is 4.42 Å². The van der Waals surface area contributed by atoms with E-state index in [1.165, 1.54) is 4.90 Å². The molecule has 2 rings (SSSR count). The van der Waals surface area contributed by atoms with Crippen LogP contribution in [-0.4, -0.2) is 58.6 Å². The van der Waals surface area contributed by atoms with Crippen molar-refractivity contribution in [1.29, 1.82) is 0 Å². The largest absolute Gasteiger partial charge is 0.464 e. The van der Waals surface area contributed by atoms with Gasteiger partial charge in [0, 0.05) is 13.6 Å². The maximum Gasteiger partial charge on any atom is 0.334 e. The highest BCUT2D eigenvalue weighted by atomic mass is 16.3. The second-order valence-corrected chi connectivity index (χ2v) is 6.25. The van der Waals surface area contributed by atoms with Gasteiger partial charge in [-0.15, -0.1) is 0 Å². The Morgan fingerprint density at radius 1 is 1.17 bits per heavy atom. The van der Waals surface area contributed by atoms with E-state index in [1.54, 1.807) is 26.1 Å². The van der Waals surface area contributed by atoms with Crippen LogP contribution < -0.4 is 0 Å². The number of aryl methyl sites for hydroxylation is 1. The molecule has 130 valence electrons. The number of carbonyl (C=O) groups is 4. The molecule has 8 heteroatoms. The first-order valence-electron chi connectivity index (χ1n) is 7.67. The summed E-state index contributed by atoms with van der Waals surface area (Å²) in [6.07, 6.45) is 0. The topological polar surface area (TPSA) is 91.1 Å². The number of carbonyl (C=O) groups excluding carboxylic acids is 4. The number of nitrogens with zero attached hydrogens (tertiary/aromatic N) is 3. The van der Waals surface area contributed by atoms with E-state index in [1.807, 2.05) is 13.8 Å². The highest BCUT2D eigenvalue weighted by Crippen LogP contribution is 2.15. The van der Waals surface area contributed by atoms with Crippen LogP contribution >= 0.6 is 0 Å². The maximum absolute atomic E-state index is 12.2. The lowest BCUT2D eigenvalue weighted by atomic mass is 10.2. The van der Waals surface area contributed by atoms with Gasteiger partial charge in [0.25, 0.3) is 0 Å². The van der Waals surface area contributed by atoms with Crippen molar-refractivity contribution in [1.82, 2.24) is 14.7 Å². The van der Waals surface area contributed by atoms with Crippen LogP contribution in [-0.2, 0) is 20.9 Å². The second kappa shape index (κ2) is 6.86. The minimum atomic E-state index is -0.962. The van der Waals surface area contributed by atoms with Crippen molar-refractivity contribution in [3.05, 3.63) is 23.7 Å². The molecule has 1 aliphatic rings. The fourth-order valence-electron chi connectivity index (χ4n) is 2.36. The van der Waals surface area contributed by atoms with Gasteiger partial charge in [0.2, 0.25) is 5.91 Å². The third kappa shape index (κ3) is 3.64. The van der Waals surface area contributed by atoms with Crippen molar-refractivity contribution in [2.24, 2.45) is 5.92 Å². The number of imide groups is 2. The van der Waals surface area contributed by atoms with E-state index < -0.39 is 30.3 Å². The number of urea groups is 1. The van der Waals surface area contributed by atoms with Crippen LogP contribution in [0.15, 0.2) is 16.5 Å². The quantitative estimate of drug-likeness (QED) is 0.571. The fourth-order valence-corrected chi connectivity index (χ4v) is 2.36. The first-order chi connectivity index (χ1) is 11.2. The molecule has 2 heterocycles. The number of rotatable bonds is 6. The Morgan fingerprint density at radius 3 is 2.33 bits per heavy atom. The molecule has 1 saturated heterocycles. The molecule has 1 aliphatic heterocycles. The summed E-state index contributed by atoms with van der Waals surface area (Å²) in [5.74, 6) is -0.941. The Balaban J connectivity index is 2.01. The Morgan fingerprint density at radius 2 is 1.79 bits per heavy atom. The lowest BCUT2D eigenvalue weighted by Gasteiger charge is -2.20. The molecule has 0 atom stereocenters. The van der Waals surface area contributed by atoms with Gasteiger partial charge < -0.3 is 9.32 Å². The molecule has 1 aromatic rings. The van der Waals surface area contributed by atoms with Gasteiger partial charge in [-0.2, -0.15) is 0 Å². The Hall–Kier alpha value is -2.64. The third-order valence-corrected chi connectivity index (χ3v) is 3.59. The molecule has 1 aromatic heterocycles. The molecule has 0 aromatic carbocycles. The Kier molecular flexibility index (Phi) is 5.06. The summed E-state index contributed by atoms with van der Waals surface area (Å²) in [7, 11) is 1.54. The van der Waals surface area contributed by atoms with Crippen molar-refractivity contribution >= 4 is 23.8 Å². The average Bonchev–Trinajstić information content (AvgIpc) is 2.99. The molecule has 0 bridgehead atoms. The van der Waals surface area contributed by atoms with Crippen LogP contribution in [0.4, 0.5) is 4.79 Å². The number of hydrogen-bond acceptors (Lipinski definition) is 5. The molecule has 0 saturated carbocycles. The van der Waals surface area contributed by atoms with E-state index in [0.717, 1.165) is 10.7 Å². The van der Waals surface area contributed by atoms with Crippen molar-refractivity contribution in [3.8, 4) is 0 Å². The van der Waals surface area contributed by atoms with Crippen LogP contribution in [0.5, 0.6) is 0 Å². The fraction of sp³-hybridized carbons (Fsp3) is 0.500. The summed E-state index contributed by atoms with van der Waals surface area (Å²) in [4.78, 5) is 51.2. The Labute approximate surface area is 140 Å². The molecule has 5 amide bonds. The normalized spacial score (nSPS) is 15.0. The van der Waals surface area contributed by atoms with Gasteiger partial charge >= 0.3 is 17.8 Å². The molecule has 0 unspecified atom stereocenters. The van der Waals surface area contributed by atoms with E-state index in [-0.39, 0.29) is 19.0 Å². The predicted octanol–water partition coefficient (Wildman–Crippen LogP) is 0.993. The first kappa shape index (κ1) is 17.7. The third-order valence-electron chi connectivity index (χ3n) is 3.59. The van der Waals surface area contributed by atoms with Crippen LogP contribution in [0.1, 0.15) is 25.4 Å². The first-order valence-corrected chi connectivity index (χ1v) is 7.67. The summed E-state index contributed by atoms with van der Waals surface area (Å²) < 4.78 is 5.39. The summed E-state index contributed by atoms with van der Waals surface area (Å²) in [5, 5.41) is 0. The van der Waals surface area contributed by atoms with E-state index >= 15 is 0 Å². The zero-order valence-corrected chi connectivity index (χ0v) is 14.2. The molecule has 0 spiro atoms. The molecule has 8 nitrogen and oxygen atoms in total. The molecule has 0 N–H and O–H groups in total. The highest BCUT2D eigenvalue weighted by molar-refractivity contribution is 6.45. The minimum Gasteiger partial charge on any atom is -0.464 e. The predicted molar refractivity (Wildman–Crippen MR) is 83.6 cm³/mol. The standard InChI is InChI=1S/C16H21N3O5/c1-10(2)7-18-14(21)15(22)19(16(18)23)9-13(20)17(4)8-12-6-5-11(3)24-12/h5-6,10H,7-9H2,1-4H3. The van der Waals surface area contributed by atoms with Gasteiger partial charge in [0.1, 0.15) is 18.1 Å². The molecular weight excluding hydrogens is 314 g/mol. The highest BCUT2D eigenvalue weighted by Gasteiger charge is 2.45. The minimum absolute atomic E-state index is 0.0335. The van der Waals surface area contributed by atoms with Crippen molar-refractivity contribution < 1.29 is 23.6 Å². The van der Waals surface area contributed by atoms with Crippen LogP contribution in [0.2, 0.25) is 0 Å². The monoisotopic (exact) mass is 335 g/mol. The van der Waals surface area contributed by atoms with Crippen LogP contribution in [0.3, 0.4) is 0 Å². The number of furan rings is 1. The number of hydrogen-bond donors (Lipinski definition) is 0. The second-order valence-electron chi connectivity index (χ2n) is 6.25. The Bertz CT molecular complexity index is 679. The smallest absolute Gasteiger partial charge is 0.334 e. The van der Waals surface area contributed by atoms with Gasteiger partial charge in [-0.1, -0.05) is 13.8 Å². The lowest BCUT2D eigenvalue weighted by molar-refractivity contribution is -0.145. The van der Waals surface area contributed by atoms with Gasteiger partial charge in [0.05, 0.1) is 6.54 Å². The molecular formula is C16H21N3O5. The SMILES string of the molecule is Cc1ccc(CN(C)C(=O)CN2C(=O)C(=O)N(CC(C)C)C2=O)o1. The van der Waals surface area contributed by atoms with Gasteiger partial charge in [-0.25, -0.2) is 9.69 Å². The average molecular weight is 335 g/mol. The molecule has 24 heavy (non-hydrogen) atoms. The molecule has 0 aliphatic carbocycles. The summed E-state index contributed by atoms with van der Waals surface area (Å²) in [5.41, 5.74) is 0. The zero-order chi connectivity index (χ0) is 18.0. The van der Waals surface area contributed by atoms with Crippen LogP contribution in [0, 0.1) is 12.8 Å². The lowest BCUT2D eigenvalue weighted by Crippen LogP contribution is -2.42. The van der Waals surface area contributed by atoms with Crippen molar-refractivity contribution in [2.45, 2.75) is 27.3 Å². The maximum atomic E-state index is 12.2. The van der Waals surface area contributed by atoms with Crippen LogP contribution in [0.25, 0.3) is 0 Å². The van der Waals surface area contributed by atoms with Crippen molar-refractivity contribution in [2.75, 3.05) is 20.1 Å². The number of amides is 5.